The van der Waals surface area contributed by atoms with Crippen LogP contribution in [-0.2, 0) is 11.2 Å². The van der Waals surface area contributed by atoms with Crippen LogP contribution in [0.3, 0.4) is 0 Å². The lowest BCUT2D eigenvalue weighted by Crippen LogP contribution is -2.45. The first-order valence-corrected chi connectivity index (χ1v) is 8.78. The molecule has 4 heteroatoms. The zero-order valence-electron chi connectivity index (χ0n) is 12.0. The molecule has 0 aliphatic carbocycles. The smallest absolute Gasteiger partial charge is 0.227 e. The zero-order valence-corrected chi connectivity index (χ0v) is 12.8. The first-order valence-electron chi connectivity index (χ1n) is 7.90. The van der Waals surface area contributed by atoms with Gasteiger partial charge in [0, 0.05) is 23.5 Å². The molecule has 1 amide bonds. The molecular formula is C16H22N2OS. The van der Waals surface area contributed by atoms with Crippen LogP contribution in [0.2, 0.25) is 0 Å². The monoisotopic (exact) mass is 290 g/mol. The molecule has 4 unspecified atom stereocenters. The highest BCUT2D eigenvalue weighted by molar-refractivity contribution is 7.10. The summed E-state index contributed by atoms with van der Waals surface area (Å²) in [5.41, 5.74) is 1.41. The highest BCUT2D eigenvalue weighted by Crippen LogP contribution is 2.39. The predicted molar refractivity (Wildman–Crippen MR) is 80.8 cm³/mol. The summed E-state index contributed by atoms with van der Waals surface area (Å²) in [6.45, 7) is 3.12. The molecule has 1 N–H and O–H groups in total. The van der Waals surface area contributed by atoms with Gasteiger partial charge in [0.2, 0.25) is 5.91 Å². The van der Waals surface area contributed by atoms with Gasteiger partial charge in [-0.2, -0.15) is 0 Å². The van der Waals surface area contributed by atoms with Crippen molar-refractivity contribution in [1.82, 2.24) is 10.2 Å². The fourth-order valence-corrected chi connectivity index (χ4v) is 5.34. The molecule has 3 aliphatic rings. The first-order chi connectivity index (χ1) is 9.78. The molecular weight excluding hydrogens is 268 g/mol. The van der Waals surface area contributed by atoms with Crippen molar-refractivity contribution in [1.29, 1.82) is 0 Å². The summed E-state index contributed by atoms with van der Waals surface area (Å²) in [7, 11) is 0. The molecule has 0 saturated carbocycles. The Hall–Kier alpha value is -0.870. The average Bonchev–Trinajstić information content (AvgIpc) is 3.20. The van der Waals surface area contributed by atoms with Gasteiger partial charge in [-0.15, -0.1) is 11.3 Å². The molecule has 4 heterocycles. The molecule has 2 fully saturated rings. The van der Waals surface area contributed by atoms with E-state index in [2.05, 4.69) is 28.6 Å². The van der Waals surface area contributed by atoms with E-state index < -0.39 is 0 Å². The number of carbonyl (C=O) groups is 1. The van der Waals surface area contributed by atoms with Crippen molar-refractivity contribution in [2.24, 2.45) is 5.92 Å². The Kier molecular flexibility index (Phi) is 3.11. The lowest BCUT2D eigenvalue weighted by molar-refractivity contribution is -0.139. The van der Waals surface area contributed by atoms with Crippen molar-refractivity contribution >= 4 is 17.2 Å². The Morgan fingerprint density at radius 1 is 1.50 bits per heavy atom. The molecule has 4 rings (SSSR count). The fourth-order valence-electron chi connectivity index (χ4n) is 4.41. The topological polar surface area (TPSA) is 32.3 Å². The number of hydrogen-bond donors (Lipinski definition) is 1. The Bertz CT molecular complexity index is 526. The third-order valence-corrected chi connectivity index (χ3v) is 6.38. The van der Waals surface area contributed by atoms with E-state index in [-0.39, 0.29) is 5.92 Å². The van der Waals surface area contributed by atoms with Crippen LogP contribution in [0.1, 0.15) is 49.1 Å². The highest BCUT2D eigenvalue weighted by Gasteiger charge is 2.45. The minimum atomic E-state index is 0.239. The maximum Gasteiger partial charge on any atom is 0.227 e. The van der Waals surface area contributed by atoms with E-state index in [1.165, 1.54) is 23.3 Å². The quantitative estimate of drug-likeness (QED) is 0.908. The fraction of sp³-hybridized carbons (Fsp3) is 0.688. The highest BCUT2D eigenvalue weighted by atomic mass is 32.1. The van der Waals surface area contributed by atoms with E-state index in [0.29, 0.717) is 24.0 Å². The van der Waals surface area contributed by atoms with Crippen molar-refractivity contribution in [2.45, 2.75) is 57.2 Å². The Labute approximate surface area is 124 Å². The molecule has 4 atom stereocenters. The van der Waals surface area contributed by atoms with E-state index in [1.807, 2.05) is 11.3 Å². The van der Waals surface area contributed by atoms with Crippen LogP contribution in [0.4, 0.5) is 0 Å². The maximum atomic E-state index is 13.0. The van der Waals surface area contributed by atoms with Crippen molar-refractivity contribution in [3.05, 3.63) is 21.9 Å². The van der Waals surface area contributed by atoms with Crippen LogP contribution in [0.5, 0.6) is 0 Å². The summed E-state index contributed by atoms with van der Waals surface area (Å²) in [6.07, 6.45) is 5.59. The van der Waals surface area contributed by atoms with Gasteiger partial charge in [0.1, 0.15) is 0 Å². The van der Waals surface area contributed by atoms with Gasteiger partial charge in [-0.1, -0.05) is 6.92 Å². The Morgan fingerprint density at radius 2 is 2.40 bits per heavy atom. The molecule has 1 aromatic rings. The van der Waals surface area contributed by atoms with E-state index in [0.717, 1.165) is 25.8 Å². The SMILES string of the molecule is CCC1c2ccsc2CCN1C(=O)C1CC2CCC1N2. The van der Waals surface area contributed by atoms with Gasteiger partial charge in [0.25, 0.3) is 0 Å². The van der Waals surface area contributed by atoms with Gasteiger partial charge in [-0.3, -0.25) is 4.79 Å². The molecule has 0 aromatic carbocycles. The Balaban J connectivity index is 1.57. The van der Waals surface area contributed by atoms with Crippen molar-refractivity contribution < 1.29 is 4.79 Å². The molecule has 20 heavy (non-hydrogen) atoms. The van der Waals surface area contributed by atoms with Gasteiger partial charge < -0.3 is 10.2 Å². The van der Waals surface area contributed by atoms with Crippen LogP contribution in [0, 0.1) is 5.92 Å². The lowest BCUT2D eigenvalue weighted by atomic mass is 9.86. The number of hydrogen-bond acceptors (Lipinski definition) is 3. The van der Waals surface area contributed by atoms with Crippen LogP contribution in [0.15, 0.2) is 11.4 Å². The van der Waals surface area contributed by atoms with Gasteiger partial charge in [0.05, 0.1) is 12.0 Å². The molecule has 2 bridgehead atoms. The minimum absolute atomic E-state index is 0.239. The van der Waals surface area contributed by atoms with Crippen molar-refractivity contribution in [3.63, 3.8) is 0 Å². The molecule has 0 spiro atoms. The standard InChI is InChI=1S/C16H22N2OS/c1-2-14-11-6-8-20-15(11)5-7-18(14)16(19)12-9-10-3-4-13(12)17-10/h6,8,10,12-14,17H,2-5,7,9H2,1H3. The van der Waals surface area contributed by atoms with Crippen LogP contribution < -0.4 is 5.32 Å². The van der Waals surface area contributed by atoms with Crippen molar-refractivity contribution in [3.8, 4) is 0 Å². The number of nitrogens with zero attached hydrogens (tertiary/aromatic N) is 1. The molecule has 1 aromatic heterocycles. The van der Waals surface area contributed by atoms with Gasteiger partial charge in [0.15, 0.2) is 0 Å². The summed E-state index contributed by atoms with van der Waals surface area (Å²) in [5.74, 6) is 0.649. The van der Waals surface area contributed by atoms with Crippen LogP contribution in [-0.4, -0.2) is 29.4 Å². The zero-order chi connectivity index (χ0) is 13.7. The summed E-state index contributed by atoms with van der Waals surface area (Å²) < 4.78 is 0. The number of thiophene rings is 1. The second-order valence-corrected chi connectivity index (χ2v) is 7.40. The van der Waals surface area contributed by atoms with E-state index in [1.54, 1.807) is 0 Å². The summed E-state index contributed by atoms with van der Waals surface area (Å²) in [6, 6.07) is 3.60. The van der Waals surface area contributed by atoms with Crippen LogP contribution in [0.25, 0.3) is 0 Å². The summed E-state index contributed by atoms with van der Waals surface area (Å²) in [4.78, 5) is 16.7. The molecule has 3 nitrogen and oxygen atoms in total. The first kappa shape index (κ1) is 12.8. The largest absolute Gasteiger partial charge is 0.335 e. The lowest BCUT2D eigenvalue weighted by Gasteiger charge is -2.38. The molecule has 2 saturated heterocycles. The Morgan fingerprint density at radius 3 is 3.10 bits per heavy atom. The average molecular weight is 290 g/mol. The van der Waals surface area contributed by atoms with E-state index in [9.17, 15) is 4.79 Å². The van der Waals surface area contributed by atoms with Crippen molar-refractivity contribution in [2.75, 3.05) is 6.54 Å². The minimum Gasteiger partial charge on any atom is -0.335 e. The maximum absolute atomic E-state index is 13.0. The van der Waals surface area contributed by atoms with E-state index in [4.69, 9.17) is 0 Å². The van der Waals surface area contributed by atoms with Gasteiger partial charge >= 0.3 is 0 Å². The third kappa shape index (κ3) is 1.85. The van der Waals surface area contributed by atoms with Crippen LogP contribution >= 0.6 is 11.3 Å². The second kappa shape index (κ2) is 4.85. The van der Waals surface area contributed by atoms with Gasteiger partial charge in [-0.25, -0.2) is 0 Å². The number of nitrogens with one attached hydrogen (secondary N) is 1. The van der Waals surface area contributed by atoms with Gasteiger partial charge in [-0.05, 0) is 49.1 Å². The van der Waals surface area contributed by atoms with E-state index >= 15 is 0 Å². The number of carbonyl (C=O) groups excluding carboxylic acids is 1. The third-order valence-electron chi connectivity index (χ3n) is 5.38. The molecule has 0 radical (unpaired) electrons. The molecule has 108 valence electrons. The number of amides is 1. The summed E-state index contributed by atoms with van der Waals surface area (Å²) in [5, 5.41) is 5.78. The number of fused-ring (bicyclic) bond motifs is 3. The second-order valence-electron chi connectivity index (χ2n) is 6.39. The predicted octanol–water partition coefficient (Wildman–Crippen LogP) is 2.72. The number of rotatable bonds is 2. The summed E-state index contributed by atoms with van der Waals surface area (Å²) >= 11 is 1.85. The normalized spacial score (nSPS) is 35.4. The molecule has 3 aliphatic heterocycles.